The lowest BCUT2D eigenvalue weighted by atomic mass is 9.80. The summed E-state index contributed by atoms with van der Waals surface area (Å²) in [5, 5.41) is 13.3. The van der Waals surface area contributed by atoms with Crippen LogP contribution in [0.1, 0.15) is 57.3 Å². The zero-order valence-corrected chi connectivity index (χ0v) is 15.4. The van der Waals surface area contributed by atoms with Gasteiger partial charge in [-0.25, -0.2) is 4.98 Å². The summed E-state index contributed by atoms with van der Waals surface area (Å²) in [6.07, 6.45) is 4.81. The van der Waals surface area contributed by atoms with Gasteiger partial charge in [-0.1, -0.05) is 27.7 Å². The van der Waals surface area contributed by atoms with Gasteiger partial charge in [0.05, 0.1) is 11.7 Å². The van der Waals surface area contributed by atoms with Crippen LogP contribution in [0.15, 0.2) is 18.3 Å². The van der Waals surface area contributed by atoms with E-state index < -0.39 is 6.10 Å². The lowest BCUT2D eigenvalue weighted by Crippen LogP contribution is -2.44. The molecule has 1 saturated heterocycles. The fraction of sp³-hybridized carbons (Fsp3) is 0.684. The maximum atomic E-state index is 12.7. The predicted molar refractivity (Wildman–Crippen MR) is 97.3 cm³/mol. The molecule has 1 amide bonds. The van der Waals surface area contributed by atoms with Crippen LogP contribution in [0, 0.1) is 11.3 Å². The third-order valence-electron chi connectivity index (χ3n) is 4.82. The number of aromatic nitrogens is 1. The van der Waals surface area contributed by atoms with Gasteiger partial charge in [-0.15, -0.1) is 0 Å². The van der Waals surface area contributed by atoms with Crippen molar-refractivity contribution < 1.29 is 9.90 Å². The number of aliphatic hydroxyl groups is 1. The Balaban J connectivity index is 2.07. The Morgan fingerprint density at radius 1 is 1.33 bits per heavy atom. The molecule has 0 spiro atoms. The molecule has 0 aliphatic carbocycles. The van der Waals surface area contributed by atoms with Crippen molar-refractivity contribution in [3.05, 3.63) is 23.9 Å². The number of anilines is 1. The van der Waals surface area contributed by atoms with Crippen LogP contribution in [0.3, 0.4) is 0 Å². The van der Waals surface area contributed by atoms with E-state index in [9.17, 15) is 9.90 Å². The molecular formula is C19H31N3O2. The van der Waals surface area contributed by atoms with Crippen molar-refractivity contribution in [3.63, 3.8) is 0 Å². The third-order valence-corrected chi connectivity index (χ3v) is 4.82. The van der Waals surface area contributed by atoms with Gasteiger partial charge in [0.2, 0.25) is 0 Å². The van der Waals surface area contributed by atoms with Crippen molar-refractivity contribution >= 4 is 11.7 Å². The molecule has 1 unspecified atom stereocenters. The van der Waals surface area contributed by atoms with Crippen molar-refractivity contribution in [2.24, 2.45) is 11.3 Å². The Bertz CT molecular complexity index is 551. The average molecular weight is 333 g/mol. The van der Waals surface area contributed by atoms with Gasteiger partial charge in [-0.2, -0.15) is 0 Å². The molecule has 1 atom stereocenters. The number of aliphatic hydroxyl groups excluding tert-OH is 1. The van der Waals surface area contributed by atoms with Crippen molar-refractivity contribution in [2.75, 3.05) is 24.5 Å². The minimum absolute atomic E-state index is 0.118. The summed E-state index contributed by atoms with van der Waals surface area (Å²) >= 11 is 0. The zero-order chi connectivity index (χ0) is 17.7. The minimum atomic E-state index is -0.465. The highest BCUT2D eigenvalue weighted by Gasteiger charge is 2.31. The van der Waals surface area contributed by atoms with Crippen molar-refractivity contribution in [1.29, 1.82) is 0 Å². The molecule has 134 valence electrons. The second-order valence-corrected chi connectivity index (χ2v) is 7.78. The van der Waals surface area contributed by atoms with Gasteiger partial charge in [0, 0.05) is 31.2 Å². The van der Waals surface area contributed by atoms with Crippen LogP contribution in [0.5, 0.6) is 0 Å². The Hall–Kier alpha value is -1.62. The molecule has 0 radical (unpaired) electrons. The second-order valence-electron chi connectivity index (χ2n) is 7.78. The number of nitrogens with zero attached hydrogens (tertiary/aromatic N) is 2. The summed E-state index contributed by atoms with van der Waals surface area (Å²) in [5.74, 6) is 0.809. The van der Waals surface area contributed by atoms with E-state index in [2.05, 4.69) is 15.2 Å². The van der Waals surface area contributed by atoms with E-state index in [1.54, 1.807) is 12.3 Å². The topological polar surface area (TPSA) is 65.5 Å². The first-order valence-corrected chi connectivity index (χ1v) is 8.99. The number of hydrogen-bond donors (Lipinski definition) is 2. The summed E-state index contributed by atoms with van der Waals surface area (Å²) in [6.45, 7) is 10.3. The van der Waals surface area contributed by atoms with E-state index in [-0.39, 0.29) is 17.2 Å². The molecule has 5 nitrogen and oxygen atoms in total. The van der Waals surface area contributed by atoms with Crippen LogP contribution in [-0.4, -0.2) is 41.7 Å². The highest BCUT2D eigenvalue weighted by atomic mass is 16.3. The monoisotopic (exact) mass is 333 g/mol. The maximum Gasteiger partial charge on any atom is 0.255 e. The zero-order valence-electron chi connectivity index (χ0n) is 15.4. The van der Waals surface area contributed by atoms with E-state index in [0.717, 1.165) is 31.7 Å². The molecule has 24 heavy (non-hydrogen) atoms. The van der Waals surface area contributed by atoms with Crippen molar-refractivity contribution in [1.82, 2.24) is 10.3 Å². The van der Waals surface area contributed by atoms with Gasteiger partial charge >= 0.3 is 0 Å². The van der Waals surface area contributed by atoms with Crippen molar-refractivity contribution in [3.8, 4) is 0 Å². The van der Waals surface area contributed by atoms with Gasteiger partial charge in [0.15, 0.2) is 0 Å². The third kappa shape index (κ3) is 4.47. The van der Waals surface area contributed by atoms with Crippen LogP contribution in [0.4, 0.5) is 5.82 Å². The number of carbonyl (C=O) groups excluding carboxylic acids is 1. The summed E-state index contributed by atoms with van der Waals surface area (Å²) in [7, 11) is 0. The maximum absolute atomic E-state index is 12.7. The van der Waals surface area contributed by atoms with E-state index in [4.69, 9.17) is 0 Å². The molecule has 2 heterocycles. The molecular weight excluding hydrogens is 302 g/mol. The van der Waals surface area contributed by atoms with E-state index in [0.29, 0.717) is 12.1 Å². The summed E-state index contributed by atoms with van der Waals surface area (Å²) in [6, 6.07) is 3.63. The largest absolute Gasteiger partial charge is 0.392 e. The standard InChI is InChI=1S/C19H31N3O2/c1-14(2)16(23)19(3,4)13-21-18(24)15-9-8-10-20-17(15)22-11-6-5-7-12-22/h8-10,14,16,23H,5-7,11-13H2,1-4H3,(H,21,24). The van der Waals surface area contributed by atoms with Gasteiger partial charge < -0.3 is 15.3 Å². The lowest BCUT2D eigenvalue weighted by molar-refractivity contribution is 0.0138. The van der Waals surface area contributed by atoms with Crippen LogP contribution in [0.25, 0.3) is 0 Å². The number of hydrogen-bond acceptors (Lipinski definition) is 4. The Morgan fingerprint density at radius 3 is 2.62 bits per heavy atom. The molecule has 0 saturated carbocycles. The highest BCUT2D eigenvalue weighted by molar-refractivity contribution is 5.98. The SMILES string of the molecule is CC(C)C(O)C(C)(C)CNC(=O)c1cccnc1N1CCCCC1. The number of carbonyl (C=O) groups is 1. The molecule has 2 rings (SSSR count). The number of piperidine rings is 1. The minimum Gasteiger partial charge on any atom is -0.392 e. The second kappa shape index (κ2) is 7.97. The van der Waals surface area contributed by atoms with Crippen LogP contribution in [-0.2, 0) is 0 Å². The van der Waals surface area contributed by atoms with Gasteiger partial charge in [0.1, 0.15) is 5.82 Å². The molecule has 1 aromatic heterocycles. The van der Waals surface area contributed by atoms with Gasteiger partial charge in [-0.05, 0) is 37.3 Å². The highest BCUT2D eigenvalue weighted by Crippen LogP contribution is 2.26. The molecule has 1 fully saturated rings. The van der Waals surface area contributed by atoms with Gasteiger partial charge in [-0.3, -0.25) is 4.79 Å². The van der Waals surface area contributed by atoms with E-state index >= 15 is 0 Å². The number of rotatable bonds is 6. The van der Waals surface area contributed by atoms with Crippen LogP contribution in [0.2, 0.25) is 0 Å². The first-order chi connectivity index (χ1) is 11.3. The molecule has 0 aromatic carbocycles. The number of amides is 1. The fourth-order valence-corrected chi connectivity index (χ4v) is 3.34. The number of pyridine rings is 1. The van der Waals surface area contributed by atoms with Gasteiger partial charge in [0.25, 0.3) is 5.91 Å². The quantitative estimate of drug-likeness (QED) is 0.840. The first-order valence-electron chi connectivity index (χ1n) is 8.99. The Morgan fingerprint density at radius 2 is 2.00 bits per heavy atom. The summed E-state index contributed by atoms with van der Waals surface area (Å²) < 4.78 is 0. The lowest BCUT2D eigenvalue weighted by Gasteiger charge is -2.33. The van der Waals surface area contributed by atoms with Crippen LogP contribution < -0.4 is 10.2 Å². The van der Waals surface area contributed by atoms with E-state index in [1.165, 1.54) is 6.42 Å². The molecule has 5 heteroatoms. The predicted octanol–water partition coefficient (Wildman–Crippen LogP) is 2.84. The molecule has 0 bridgehead atoms. The van der Waals surface area contributed by atoms with Crippen molar-refractivity contribution in [2.45, 2.75) is 53.1 Å². The Kier molecular flexibility index (Phi) is 6.21. The average Bonchev–Trinajstić information content (AvgIpc) is 2.59. The smallest absolute Gasteiger partial charge is 0.255 e. The molecule has 1 aliphatic heterocycles. The molecule has 1 aromatic rings. The molecule has 2 N–H and O–H groups in total. The Labute approximate surface area is 145 Å². The van der Waals surface area contributed by atoms with E-state index in [1.807, 2.05) is 33.8 Å². The molecule has 1 aliphatic rings. The number of nitrogens with one attached hydrogen (secondary N) is 1. The first kappa shape index (κ1) is 18.7. The van der Waals surface area contributed by atoms with Crippen LogP contribution >= 0.6 is 0 Å². The summed E-state index contributed by atoms with van der Waals surface area (Å²) in [5.41, 5.74) is 0.242. The fourth-order valence-electron chi connectivity index (χ4n) is 3.34. The summed E-state index contributed by atoms with van der Waals surface area (Å²) in [4.78, 5) is 19.3. The normalized spacial score (nSPS) is 17.0.